The van der Waals surface area contributed by atoms with Gasteiger partial charge in [0.05, 0.1) is 5.56 Å². The van der Waals surface area contributed by atoms with E-state index in [1.807, 2.05) is 43.8 Å². The zero-order valence-electron chi connectivity index (χ0n) is 11.1. The highest BCUT2D eigenvalue weighted by molar-refractivity contribution is 7.86. The maximum Gasteiger partial charge on any atom is 0.295 e. The number of benzene rings is 1. The van der Waals surface area contributed by atoms with Crippen molar-refractivity contribution in [2.45, 2.75) is 18.7 Å². The summed E-state index contributed by atoms with van der Waals surface area (Å²) in [5, 5.41) is 0. The molecule has 0 fully saturated rings. The molecule has 0 saturated heterocycles. The predicted octanol–water partition coefficient (Wildman–Crippen LogP) is 2.04. The molecule has 4 nitrogen and oxygen atoms in total. The van der Waals surface area contributed by atoms with Crippen LogP contribution in [0, 0.1) is 13.8 Å². The molecule has 1 N–H and O–H groups in total. The number of aryl methyl sites for hydroxylation is 3. The lowest BCUT2D eigenvalue weighted by Crippen LogP contribution is -2.30. The van der Waals surface area contributed by atoms with Gasteiger partial charge in [0.15, 0.2) is 6.20 Å². The standard InChI is InChI=1S/C14H15NO3S/c1-10-4-5-14(19(16,17)18)12(8-10)13-9-11(2)6-7-15(13)3/h4-9H,1-3H3/p+1. The fourth-order valence-electron chi connectivity index (χ4n) is 2.01. The summed E-state index contributed by atoms with van der Waals surface area (Å²) in [7, 11) is -2.40. The molecular weight excluding hydrogens is 262 g/mol. The summed E-state index contributed by atoms with van der Waals surface area (Å²) in [6.45, 7) is 3.82. The predicted molar refractivity (Wildman–Crippen MR) is 72.3 cm³/mol. The fourth-order valence-corrected chi connectivity index (χ4v) is 2.69. The van der Waals surface area contributed by atoms with E-state index in [9.17, 15) is 13.0 Å². The summed E-state index contributed by atoms with van der Waals surface area (Å²) in [4.78, 5) is -0.0701. The molecule has 2 rings (SSSR count). The average molecular weight is 278 g/mol. The molecular formula is C14H16NO3S+. The van der Waals surface area contributed by atoms with Gasteiger partial charge in [-0.1, -0.05) is 11.6 Å². The van der Waals surface area contributed by atoms with Crippen molar-refractivity contribution in [3.8, 4) is 11.3 Å². The lowest BCUT2D eigenvalue weighted by molar-refractivity contribution is -0.660. The Kier molecular flexibility index (Phi) is 3.43. The van der Waals surface area contributed by atoms with Crippen LogP contribution in [0.3, 0.4) is 0 Å². The van der Waals surface area contributed by atoms with Crippen molar-refractivity contribution in [1.29, 1.82) is 0 Å². The van der Waals surface area contributed by atoms with Crippen molar-refractivity contribution < 1.29 is 17.5 Å². The largest absolute Gasteiger partial charge is 0.295 e. The molecule has 1 aromatic carbocycles. The second-order valence-corrected chi connectivity index (χ2v) is 6.06. The van der Waals surface area contributed by atoms with Crippen molar-refractivity contribution in [3.63, 3.8) is 0 Å². The highest BCUT2D eigenvalue weighted by atomic mass is 32.2. The van der Waals surface area contributed by atoms with E-state index in [1.54, 1.807) is 12.1 Å². The van der Waals surface area contributed by atoms with Gasteiger partial charge in [0.1, 0.15) is 11.9 Å². The molecule has 0 bridgehead atoms. The van der Waals surface area contributed by atoms with E-state index in [-0.39, 0.29) is 4.90 Å². The molecule has 100 valence electrons. The Labute approximate surface area is 113 Å². The molecule has 19 heavy (non-hydrogen) atoms. The maximum absolute atomic E-state index is 11.5. The molecule has 0 aliphatic carbocycles. The highest BCUT2D eigenvalue weighted by Gasteiger charge is 2.21. The number of aromatic nitrogens is 1. The molecule has 0 atom stereocenters. The van der Waals surface area contributed by atoms with Crippen LogP contribution in [-0.4, -0.2) is 13.0 Å². The molecule has 0 unspecified atom stereocenters. The van der Waals surface area contributed by atoms with Crippen LogP contribution in [0.25, 0.3) is 11.3 Å². The number of hydrogen-bond acceptors (Lipinski definition) is 2. The van der Waals surface area contributed by atoms with Crippen LogP contribution in [0.2, 0.25) is 0 Å². The van der Waals surface area contributed by atoms with E-state index in [0.717, 1.165) is 16.8 Å². The lowest BCUT2D eigenvalue weighted by Gasteiger charge is -2.07. The first-order chi connectivity index (χ1) is 8.79. The van der Waals surface area contributed by atoms with Crippen molar-refractivity contribution in [1.82, 2.24) is 0 Å². The molecule has 0 aliphatic rings. The van der Waals surface area contributed by atoms with E-state index >= 15 is 0 Å². The molecule has 1 heterocycles. The molecule has 5 heteroatoms. The Morgan fingerprint density at radius 1 is 1.05 bits per heavy atom. The summed E-state index contributed by atoms with van der Waals surface area (Å²) in [6.07, 6.45) is 1.86. The molecule has 0 saturated carbocycles. The summed E-state index contributed by atoms with van der Waals surface area (Å²) in [5.41, 5.74) is 3.21. The van der Waals surface area contributed by atoms with Crippen molar-refractivity contribution in [3.05, 3.63) is 47.7 Å². The second kappa shape index (κ2) is 4.75. The van der Waals surface area contributed by atoms with Gasteiger partial charge >= 0.3 is 0 Å². The molecule has 0 radical (unpaired) electrons. The maximum atomic E-state index is 11.5. The first kappa shape index (κ1) is 13.7. The third-order valence-electron chi connectivity index (χ3n) is 2.99. The Hall–Kier alpha value is -1.72. The fraction of sp³-hybridized carbons (Fsp3) is 0.214. The summed E-state index contributed by atoms with van der Waals surface area (Å²) >= 11 is 0. The van der Waals surface area contributed by atoms with Gasteiger partial charge in [-0.05, 0) is 31.5 Å². The minimum absolute atomic E-state index is 0.0701. The smallest absolute Gasteiger partial charge is 0.282 e. The SMILES string of the molecule is Cc1ccc(S(=O)(=O)O)c(-c2cc(C)cc[n+]2C)c1. The third-order valence-corrected chi connectivity index (χ3v) is 3.91. The van der Waals surface area contributed by atoms with Gasteiger partial charge in [-0.25, -0.2) is 4.57 Å². The number of hydrogen-bond donors (Lipinski definition) is 1. The second-order valence-electron chi connectivity index (χ2n) is 4.67. The van der Waals surface area contributed by atoms with E-state index in [1.165, 1.54) is 6.07 Å². The van der Waals surface area contributed by atoms with Gasteiger partial charge in [0.25, 0.3) is 10.1 Å². The third kappa shape index (κ3) is 2.83. The minimum atomic E-state index is -4.24. The van der Waals surface area contributed by atoms with Crippen LogP contribution >= 0.6 is 0 Å². The van der Waals surface area contributed by atoms with Gasteiger partial charge in [-0.2, -0.15) is 8.42 Å². The summed E-state index contributed by atoms with van der Waals surface area (Å²) in [6, 6.07) is 8.69. The van der Waals surface area contributed by atoms with E-state index in [2.05, 4.69) is 0 Å². The van der Waals surface area contributed by atoms with Gasteiger partial charge in [-0.3, -0.25) is 4.55 Å². The Morgan fingerprint density at radius 2 is 1.68 bits per heavy atom. The number of pyridine rings is 1. The summed E-state index contributed by atoms with van der Waals surface area (Å²) < 4.78 is 34.1. The van der Waals surface area contributed by atoms with Gasteiger partial charge in [0, 0.05) is 12.1 Å². The van der Waals surface area contributed by atoms with Crippen molar-refractivity contribution >= 4 is 10.1 Å². The Morgan fingerprint density at radius 3 is 2.32 bits per heavy atom. The van der Waals surface area contributed by atoms with E-state index in [0.29, 0.717) is 5.56 Å². The van der Waals surface area contributed by atoms with Crippen LogP contribution < -0.4 is 4.57 Å². The topological polar surface area (TPSA) is 58.3 Å². The van der Waals surface area contributed by atoms with Gasteiger partial charge < -0.3 is 0 Å². The highest BCUT2D eigenvalue weighted by Crippen LogP contribution is 2.26. The number of nitrogens with zero attached hydrogens (tertiary/aromatic N) is 1. The lowest BCUT2D eigenvalue weighted by atomic mass is 10.1. The Bertz CT molecular complexity index is 736. The molecule has 1 aromatic heterocycles. The van der Waals surface area contributed by atoms with E-state index in [4.69, 9.17) is 0 Å². The zero-order valence-corrected chi connectivity index (χ0v) is 11.9. The summed E-state index contributed by atoms with van der Waals surface area (Å²) in [5.74, 6) is 0. The molecule has 0 spiro atoms. The van der Waals surface area contributed by atoms with Crippen LogP contribution in [0.5, 0.6) is 0 Å². The van der Waals surface area contributed by atoms with Crippen molar-refractivity contribution in [2.75, 3.05) is 0 Å². The first-order valence-electron chi connectivity index (χ1n) is 5.84. The van der Waals surface area contributed by atoms with Crippen LogP contribution in [0.4, 0.5) is 0 Å². The molecule has 0 amide bonds. The molecule has 2 aromatic rings. The Balaban J connectivity index is 2.81. The number of rotatable bonds is 2. The van der Waals surface area contributed by atoms with Crippen LogP contribution in [0.15, 0.2) is 41.4 Å². The average Bonchev–Trinajstić information content (AvgIpc) is 2.30. The van der Waals surface area contributed by atoms with Crippen molar-refractivity contribution in [2.24, 2.45) is 7.05 Å². The van der Waals surface area contributed by atoms with E-state index < -0.39 is 10.1 Å². The normalized spacial score (nSPS) is 11.6. The quantitative estimate of drug-likeness (QED) is 0.675. The van der Waals surface area contributed by atoms with Crippen LogP contribution in [0.1, 0.15) is 11.1 Å². The molecule has 0 aliphatic heterocycles. The van der Waals surface area contributed by atoms with Gasteiger partial charge in [0.2, 0.25) is 5.69 Å². The monoisotopic (exact) mass is 278 g/mol. The minimum Gasteiger partial charge on any atom is -0.282 e. The first-order valence-corrected chi connectivity index (χ1v) is 7.28. The van der Waals surface area contributed by atoms with Gasteiger partial charge in [-0.15, -0.1) is 0 Å². The zero-order chi connectivity index (χ0) is 14.2. The van der Waals surface area contributed by atoms with Crippen LogP contribution in [-0.2, 0) is 17.2 Å².